The van der Waals surface area contributed by atoms with E-state index in [1.807, 2.05) is 13.0 Å². The molecule has 0 unspecified atom stereocenters. The van der Waals surface area contributed by atoms with E-state index in [-0.39, 0.29) is 24.7 Å². The van der Waals surface area contributed by atoms with Gasteiger partial charge in [-0.25, -0.2) is 13.8 Å². The fraction of sp³-hybridized carbons (Fsp3) is 0.529. The summed E-state index contributed by atoms with van der Waals surface area (Å²) in [5.41, 5.74) is 1.83. The number of nitrogens with zero attached hydrogens (tertiary/aromatic N) is 3. The average Bonchev–Trinajstić information content (AvgIpc) is 2.55. The molecule has 0 N–H and O–H groups in total. The quantitative estimate of drug-likeness (QED) is 0.840. The lowest BCUT2D eigenvalue weighted by Gasteiger charge is -2.33. The summed E-state index contributed by atoms with van der Waals surface area (Å²) in [5.74, 6) is 0. The molecule has 5 nitrogen and oxygen atoms in total. The van der Waals surface area contributed by atoms with Gasteiger partial charge in [0.15, 0.2) is 0 Å². The molecule has 0 atom stereocenters. The van der Waals surface area contributed by atoms with Crippen molar-refractivity contribution in [2.75, 3.05) is 19.8 Å². The maximum Gasteiger partial charge on any atom is 0.258 e. The summed E-state index contributed by atoms with van der Waals surface area (Å²) in [6, 6.07) is 5.11. The van der Waals surface area contributed by atoms with Gasteiger partial charge in [-0.15, -0.1) is 0 Å². The molecule has 1 saturated heterocycles. The zero-order valence-electron chi connectivity index (χ0n) is 13.6. The fourth-order valence-electron chi connectivity index (χ4n) is 3.12. The first-order valence-electron chi connectivity index (χ1n) is 8.12. The van der Waals surface area contributed by atoms with E-state index in [0.29, 0.717) is 24.6 Å². The predicted octanol–water partition coefficient (Wildman–Crippen LogP) is 2.25. The molecule has 0 aromatic carbocycles. The second-order valence-corrected chi connectivity index (χ2v) is 6.18. The normalized spacial score (nSPS) is 16.4. The summed E-state index contributed by atoms with van der Waals surface area (Å²) in [7, 11) is 0. The molecule has 3 rings (SSSR count). The molecular formula is C17H21F2N3O2. The molecule has 7 heteroatoms. The Morgan fingerprint density at radius 3 is 2.83 bits per heavy atom. The van der Waals surface area contributed by atoms with Crippen molar-refractivity contribution in [3.8, 4) is 0 Å². The van der Waals surface area contributed by atoms with Crippen LogP contribution in [-0.2, 0) is 11.3 Å². The van der Waals surface area contributed by atoms with Crippen LogP contribution in [0, 0.1) is 6.92 Å². The number of aryl methyl sites for hydroxylation is 1. The SMILES string of the molecule is Cc1ccc2nc(CN(CC(F)F)C3CCOCC3)cc(=O)n2c1. The summed E-state index contributed by atoms with van der Waals surface area (Å²) >= 11 is 0. The van der Waals surface area contributed by atoms with Crippen LogP contribution in [0.5, 0.6) is 0 Å². The monoisotopic (exact) mass is 337 g/mol. The van der Waals surface area contributed by atoms with Gasteiger partial charge in [0.25, 0.3) is 12.0 Å². The molecule has 0 amide bonds. The smallest absolute Gasteiger partial charge is 0.258 e. The third kappa shape index (κ3) is 3.96. The molecule has 3 heterocycles. The highest BCUT2D eigenvalue weighted by Gasteiger charge is 2.24. The highest BCUT2D eigenvalue weighted by atomic mass is 19.3. The first-order valence-corrected chi connectivity index (χ1v) is 8.12. The Labute approximate surface area is 138 Å². The third-order valence-corrected chi connectivity index (χ3v) is 4.31. The Hall–Kier alpha value is -1.86. The first kappa shape index (κ1) is 17.0. The van der Waals surface area contributed by atoms with Crippen molar-refractivity contribution in [3.05, 3.63) is 46.0 Å². The molecule has 2 aromatic rings. The number of pyridine rings is 1. The Morgan fingerprint density at radius 1 is 1.38 bits per heavy atom. The number of alkyl halides is 2. The number of hydrogen-bond acceptors (Lipinski definition) is 4. The molecular weight excluding hydrogens is 316 g/mol. The molecule has 24 heavy (non-hydrogen) atoms. The van der Waals surface area contributed by atoms with Crippen molar-refractivity contribution in [1.29, 1.82) is 0 Å². The molecule has 0 aliphatic carbocycles. The van der Waals surface area contributed by atoms with Gasteiger partial charge in [-0.2, -0.15) is 0 Å². The van der Waals surface area contributed by atoms with Crippen LogP contribution < -0.4 is 5.56 Å². The molecule has 1 fully saturated rings. The number of halogens is 2. The number of ether oxygens (including phenoxy) is 1. The maximum absolute atomic E-state index is 13.0. The van der Waals surface area contributed by atoms with Crippen molar-refractivity contribution in [3.63, 3.8) is 0 Å². The fourth-order valence-corrected chi connectivity index (χ4v) is 3.12. The average molecular weight is 337 g/mol. The predicted molar refractivity (Wildman–Crippen MR) is 86.5 cm³/mol. The molecule has 0 saturated carbocycles. The molecule has 0 spiro atoms. The van der Waals surface area contributed by atoms with Gasteiger partial charge in [0.2, 0.25) is 0 Å². The lowest BCUT2D eigenvalue weighted by Crippen LogP contribution is -2.42. The zero-order chi connectivity index (χ0) is 17.1. The van der Waals surface area contributed by atoms with Crippen LogP contribution in [0.3, 0.4) is 0 Å². The van der Waals surface area contributed by atoms with Gasteiger partial charge in [0, 0.05) is 38.1 Å². The van der Waals surface area contributed by atoms with Crippen molar-refractivity contribution >= 4 is 5.65 Å². The van der Waals surface area contributed by atoms with E-state index in [0.717, 1.165) is 18.4 Å². The van der Waals surface area contributed by atoms with Gasteiger partial charge in [-0.3, -0.25) is 14.1 Å². The van der Waals surface area contributed by atoms with E-state index < -0.39 is 6.43 Å². The highest BCUT2D eigenvalue weighted by Crippen LogP contribution is 2.18. The van der Waals surface area contributed by atoms with Crippen LogP contribution in [0.1, 0.15) is 24.1 Å². The molecule has 0 bridgehead atoms. The van der Waals surface area contributed by atoms with Crippen molar-refractivity contribution in [1.82, 2.24) is 14.3 Å². The minimum atomic E-state index is -2.42. The number of fused-ring (bicyclic) bond motifs is 1. The summed E-state index contributed by atoms with van der Waals surface area (Å²) in [5, 5.41) is 0. The minimum absolute atomic E-state index is 0.0334. The van der Waals surface area contributed by atoms with Crippen molar-refractivity contribution in [2.24, 2.45) is 0 Å². The zero-order valence-corrected chi connectivity index (χ0v) is 13.6. The Bertz CT molecular complexity index is 757. The van der Waals surface area contributed by atoms with Crippen LogP contribution >= 0.6 is 0 Å². The summed E-state index contributed by atoms with van der Waals surface area (Å²) in [4.78, 5) is 18.5. The highest BCUT2D eigenvalue weighted by molar-refractivity contribution is 5.39. The van der Waals surface area contributed by atoms with Crippen LogP contribution in [0.4, 0.5) is 8.78 Å². The van der Waals surface area contributed by atoms with E-state index in [1.165, 1.54) is 10.5 Å². The van der Waals surface area contributed by atoms with Crippen LogP contribution in [-0.4, -0.2) is 46.5 Å². The van der Waals surface area contributed by atoms with Gasteiger partial charge < -0.3 is 4.74 Å². The van der Waals surface area contributed by atoms with Crippen molar-refractivity contribution in [2.45, 2.75) is 38.8 Å². The largest absolute Gasteiger partial charge is 0.381 e. The summed E-state index contributed by atoms with van der Waals surface area (Å²) in [6.45, 7) is 2.98. The van der Waals surface area contributed by atoms with Crippen molar-refractivity contribution < 1.29 is 13.5 Å². The van der Waals surface area contributed by atoms with E-state index in [4.69, 9.17) is 4.74 Å². The van der Waals surface area contributed by atoms with Gasteiger partial charge in [-0.05, 0) is 31.4 Å². The minimum Gasteiger partial charge on any atom is -0.381 e. The van der Waals surface area contributed by atoms with E-state index in [1.54, 1.807) is 17.2 Å². The lowest BCUT2D eigenvalue weighted by molar-refractivity contribution is 0.00283. The molecule has 1 aliphatic heterocycles. The summed E-state index contributed by atoms with van der Waals surface area (Å²) in [6.07, 6.45) is 0.748. The number of hydrogen-bond donors (Lipinski definition) is 0. The van der Waals surface area contributed by atoms with Gasteiger partial charge in [0.1, 0.15) is 5.65 Å². The van der Waals surface area contributed by atoms with E-state index in [2.05, 4.69) is 4.98 Å². The van der Waals surface area contributed by atoms with Gasteiger partial charge in [0.05, 0.1) is 12.2 Å². The maximum atomic E-state index is 13.0. The third-order valence-electron chi connectivity index (χ3n) is 4.31. The second kappa shape index (κ2) is 7.36. The van der Waals surface area contributed by atoms with Crippen LogP contribution in [0.15, 0.2) is 29.2 Å². The van der Waals surface area contributed by atoms with Crippen LogP contribution in [0.25, 0.3) is 5.65 Å². The second-order valence-electron chi connectivity index (χ2n) is 6.18. The van der Waals surface area contributed by atoms with E-state index >= 15 is 0 Å². The number of aromatic nitrogens is 2. The van der Waals surface area contributed by atoms with Gasteiger partial charge in [-0.1, -0.05) is 6.07 Å². The topological polar surface area (TPSA) is 46.8 Å². The lowest BCUT2D eigenvalue weighted by atomic mass is 10.1. The molecule has 2 aromatic heterocycles. The Balaban J connectivity index is 1.87. The summed E-state index contributed by atoms with van der Waals surface area (Å²) < 4.78 is 32.7. The number of rotatable bonds is 5. The Morgan fingerprint density at radius 2 is 2.12 bits per heavy atom. The molecule has 130 valence electrons. The van der Waals surface area contributed by atoms with E-state index in [9.17, 15) is 13.6 Å². The molecule has 0 radical (unpaired) electrons. The van der Waals surface area contributed by atoms with Crippen LogP contribution in [0.2, 0.25) is 0 Å². The standard InChI is InChI=1S/C17H21F2N3O2/c1-12-2-3-16-20-13(8-17(23)22(16)9-12)10-21(11-15(18)19)14-4-6-24-7-5-14/h2-3,8-9,14-15H,4-7,10-11H2,1H3. The molecule has 1 aliphatic rings. The first-order chi connectivity index (χ1) is 11.5. The Kier molecular flexibility index (Phi) is 5.20. The van der Waals surface area contributed by atoms with Gasteiger partial charge >= 0.3 is 0 Å².